The van der Waals surface area contributed by atoms with Gasteiger partial charge >= 0.3 is 0 Å². The maximum Gasteiger partial charge on any atom is 0.244 e. The van der Waals surface area contributed by atoms with Crippen LogP contribution in [0, 0.1) is 13.8 Å². The van der Waals surface area contributed by atoms with Crippen LogP contribution in [0.15, 0.2) is 16.7 Å². The number of ether oxygens (including phenoxy) is 1. The second-order valence-electron chi connectivity index (χ2n) is 5.89. The van der Waals surface area contributed by atoms with Gasteiger partial charge in [-0.25, -0.2) is 0 Å². The van der Waals surface area contributed by atoms with Crippen LogP contribution in [0.25, 0.3) is 11.4 Å². The molecule has 118 valence electrons. The molecule has 1 fully saturated rings. The van der Waals surface area contributed by atoms with Gasteiger partial charge in [0.15, 0.2) is 0 Å². The summed E-state index contributed by atoms with van der Waals surface area (Å²) in [5, 5.41) is 7.51. The summed E-state index contributed by atoms with van der Waals surface area (Å²) in [6.07, 6.45) is 3.22. The molecule has 2 heterocycles. The largest absolute Gasteiger partial charge is 0.493 e. The van der Waals surface area contributed by atoms with Gasteiger partial charge in [-0.3, -0.25) is 0 Å². The average Bonchev–Trinajstić information content (AvgIpc) is 3.17. The maximum absolute atomic E-state index is 5.82. The molecule has 1 aromatic carbocycles. The highest BCUT2D eigenvalue weighted by Crippen LogP contribution is 2.30. The lowest BCUT2D eigenvalue weighted by atomic mass is 10.1. The van der Waals surface area contributed by atoms with Crippen LogP contribution >= 0.6 is 0 Å². The molecule has 3 rings (SSSR count). The fourth-order valence-electron chi connectivity index (χ4n) is 2.90. The second kappa shape index (κ2) is 6.48. The number of benzene rings is 1. The van der Waals surface area contributed by atoms with Crippen LogP contribution in [-0.4, -0.2) is 23.3 Å². The van der Waals surface area contributed by atoms with E-state index in [4.69, 9.17) is 9.26 Å². The third-order valence-corrected chi connectivity index (χ3v) is 3.97. The zero-order chi connectivity index (χ0) is 15.5. The highest BCUT2D eigenvalue weighted by atomic mass is 16.5. The third kappa shape index (κ3) is 2.99. The molecule has 5 heteroatoms. The number of nitrogens with one attached hydrogen (secondary N) is 1. The van der Waals surface area contributed by atoms with Crippen molar-refractivity contribution in [1.82, 2.24) is 15.5 Å². The molecule has 1 aromatic heterocycles. The van der Waals surface area contributed by atoms with Crippen LogP contribution in [0.4, 0.5) is 0 Å². The molecule has 1 N–H and O–H groups in total. The Morgan fingerprint density at radius 1 is 1.32 bits per heavy atom. The van der Waals surface area contributed by atoms with Crippen LogP contribution in [0.2, 0.25) is 0 Å². The smallest absolute Gasteiger partial charge is 0.244 e. The van der Waals surface area contributed by atoms with Gasteiger partial charge in [0.05, 0.1) is 12.6 Å². The second-order valence-corrected chi connectivity index (χ2v) is 5.89. The van der Waals surface area contributed by atoms with E-state index in [2.05, 4.69) is 48.4 Å². The zero-order valence-electron chi connectivity index (χ0n) is 13.5. The van der Waals surface area contributed by atoms with Gasteiger partial charge in [-0.1, -0.05) is 12.1 Å². The summed E-state index contributed by atoms with van der Waals surface area (Å²) in [7, 11) is 0. The van der Waals surface area contributed by atoms with E-state index in [1.54, 1.807) is 0 Å². The Morgan fingerprint density at radius 2 is 2.09 bits per heavy atom. The highest BCUT2D eigenvalue weighted by Gasteiger charge is 2.23. The molecule has 0 radical (unpaired) electrons. The summed E-state index contributed by atoms with van der Waals surface area (Å²) in [5.41, 5.74) is 3.19. The van der Waals surface area contributed by atoms with Crippen molar-refractivity contribution in [1.29, 1.82) is 0 Å². The predicted octanol–water partition coefficient (Wildman–Crippen LogP) is 3.57. The van der Waals surface area contributed by atoms with E-state index in [-0.39, 0.29) is 6.04 Å². The quantitative estimate of drug-likeness (QED) is 0.915. The van der Waals surface area contributed by atoms with Crippen molar-refractivity contribution in [3.05, 3.63) is 29.2 Å². The first-order valence-electron chi connectivity index (χ1n) is 8.00. The van der Waals surface area contributed by atoms with Crippen LogP contribution in [-0.2, 0) is 0 Å². The van der Waals surface area contributed by atoms with Crippen molar-refractivity contribution in [2.24, 2.45) is 0 Å². The lowest BCUT2D eigenvalue weighted by molar-refractivity contribution is 0.313. The Balaban J connectivity index is 1.85. The number of hydrogen-bond donors (Lipinski definition) is 1. The van der Waals surface area contributed by atoms with Gasteiger partial charge in [0.1, 0.15) is 5.75 Å². The van der Waals surface area contributed by atoms with Gasteiger partial charge in [0, 0.05) is 5.56 Å². The van der Waals surface area contributed by atoms with Gasteiger partial charge in [0.25, 0.3) is 0 Å². The van der Waals surface area contributed by atoms with E-state index in [1.165, 1.54) is 0 Å². The highest BCUT2D eigenvalue weighted by molar-refractivity contribution is 5.61. The number of nitrogens with zero attached hydrogens (tertiary/aromatic N) is 2. The minimum absolute atomic E-state index is 0.204. The third-order valence-electron chi connectivity index (χ3n) is 3.97. The minimum Gasteiger partial charge on any atom is -0.493 e. The molecule has 0 amide bonds. The molecule has 0 saturated carbocycles. The number of aryl methyl sites for hydroxylation is 2. The van der Waals surface area contributed by atoms with Gasteiger partial charge in [-0.15, -0.1) is 0 Å². The Morgan fingerprint density at radius 3 is 2.73 bits per heavy atom. The van der Waals surface area contributed by atoms with Crippen LogP contribution in [0.3, 0.4) is 0 Å². The normalized spacial score (nSPS) is 17.9. The maximum atomic E-state index is 5.82. The van der Waals surface area contributed by atoms with E-state index < -0.39 is 0 Å². The first-order chi connectivity index (χ1) is 10.7. The Labute approximate surface area is 131 Å². The summed E-state index contributed by atoms with van der Waals surface area (Å²) < 4.78 is 11.2. The lowest BCUT2D eigenvalue weighted by Gasteiger charge is -2.12. The fraction of sp³-hybridized carbons (Fsp3) is 0.529. The summed E-state index contributed by atoms with van der Waals surface area (Å²) in [4.78, 5) is 4.56. The number of hydrogen-bond acceptors (Lipinski definition) is 5. The first kappa shape index (κ1) is 15.0. The van der Waals surface area contributed by atoms with E-state index >= 15 is 0 Å². The molecule has 0 bridgehead atoms. The molecule has 1 saturated heterocycles. The average molecular weight is 301 g/mol. The van der Waals surface area contributed by atoms with Gasteiger partial charge in [-0.2, -0.15) is 4.98 Å². The van der Waals surface area contributed by atoms with Crippen molar-refractivity contribution in [2.45, 2.75) is 46.1 Å². The van der Waals surface area contributed by atoms with E-state index in [0.29, 0.717) is 11.7 Å². The molecule has 0 spiro atoms. The summed E-state index contributed by atoms with van der Waals surface area (Å²) in [5.74, 6) is 2.30. The molecule has 2 aromatic rings. The van der Waals surface area contributed by atoms with Crippen LogP contribution in [0.5, 0.6) is 5.75 Å². The van der Waals surface area contributed by atoms with Crippen molar-refractivity contribution < 1.29 is 9.26 Å². The van der Waals surface area contributed by atoms with Crippen molar-refractivity contribution in [2.75, 3.05) is 13.2 Å². The van der Waals surface area contributed by atoms with E-state index in [1.807, 2.05) is 0 Å². The number of rotatable bonds is 5. The van der Waals surface area contributed by atoms with Crippen LogP contribution < -0.4 is 10.1 Å². The topological polar surface area (TPSA) is 60.2 Å². The minimum atomic E-state index is 0.204. The molecule has 0 unspecified atom stereocenters. The predicted molar refractivity (Wildman–Crippen MR) is 85.0 cm³/mol. The van der Waals surface area contributed by atoms with Crippen molar-refractivity contribution >= 4 is 0 Å². The standard InChI is InChI=1S/C17H23N3O2/c1-4-8-21-15-11(2)9-13(10-12(15)3)16-19-17(22-20-16)14-6-5-7-18-14/h9-10,14,18H,4-8H2,1-3H3/t14-/m1/s1. The number of aromatic nitrogens is 2. The summed E-state index contributed by atoms with van der Waals surface area (Å²) in [6.45, 7) is 7.98. The molecule has 5 nitrogen and oxygen atoms in total. The van der Waals surface area contributed by atoms with Crippen molar-refractivity contribution in [3.63, 3.8) is 0 Å². The first-order valence-corrected chi connectivity index (χ1v) is 8.00. The van der Waals surface area contributed by atoms with Gasteiger partial charge < -0.3 is 14.6 Å². The van der Waals surface area contributed by atoms with Gasteiger partial charge in [-0.05, 0) is 62.9 Å². The van der Waals surface area contributed by atoms with E-state index in [9.17, 15) is 0 Å². The Kier molecular flexibility index (Phi) is 4.43. The zero-order valence-corrected chi connectivity index (χ0v) is 13.5. The lowest BCUT2D eigenvalue weighted by Crippen LogP contribution is -2.12. The fourth-order valence-corrected chi connectivity index (χ4v) is 2.90. The van der Waals surface area contributed by atoms with Crippen molar-refractivity contribution in [3.8, 4) is 17.1 Å². The summed E-state index contributed by atoms with van der Waals surface area (Å²) >= 11 is 0. The Hall–Kier alpha value is -1.88. The molecule has 1 atom stereocenters. The van der Waals surface area contributed by atoms with E-state index in [0.717, 1.165) is 54.9 Å². The molecular weight excluding hydrogens is 278 g/mol. The van der Waals surface area contributed by atoms with Crippen LogP contribution in [0.1, 0.15) is 49.2 Å². The molecule has 0 aliphatic carbocycles. The molecular formula is C17H23N3O2. The SMILES string of the molecule is CCCOc1c(C)cc(-c2noc([C@H]3CCCN3)n2)cc1C. The Bertz CT molecular complexity index is 622. The molecule has 1 aliphatic heterocycles. The molecule has 1 aliphatic rings. The summed E-state index contributed by atoms with van der Waals surface area (Å²) in [6, 6.07) is 4.33. The molecule has 22 heavy (non-hydrogen) atoms. The van der Waals surface area contributed by atoms with Gasteiger partial charge in [0.2, 0.25) is 11.7 Å². The monoisotopic (exact) mass is 301 g/mol.